The van der Waals surface area contributed by atoms with Crippen LogP contribution in [0.15, 0.2) is 12.1 Å². The number of hydrogen-bond acceptors (Lipinski definition) is 4. The van der Waals surface area contributed by atoms with E-state index < -0.39 is 0 Å². The zero-order valence-corrected chi connectivity index (χ0v) is 18.3. The van der Waals surface area contributed by atoms with E-state index in [2.05, 4.69) is 37.9 Å². The number of nitrogens with zero attached hydrogens (tertiary/aromatic N) is 1. The number of rotatable bonds is 5. The van der Waals surface area contributed by atoms with Gasteiger partial charge in [0.25, 0.3) is 0 Å². The van der Waals surface area contributed by atoms with Crippen molar-refractivity contribution in [3.63, 3.8) is 0 Å². The summed E-state index contributed by atoms with van der Waals surface area (Å²) in [5, 5.41) is 3.61. The maximum atomic E-state index is 12.6. The molecule has 0 aliphatic carbocycles. The summed E-state index contributed by atoms with van der Waals surface area (Å²) in [6, 6.07) is 3.67. The van der Waals surface area contributed by atoms with Crippen LogP contribution >= 0.6 is 11.6 Å². The van der Waals surface area contributed by atoms with Gasteiger partial charge in [-0.25, -0.2) is 0 Å². The highest BCUT2D eigenvalue weighted by Gasteiger charge is 2.32. The lowest BCUT2D eigenvalue weighted by Crippen LogP contribution is -2.56. The number of likely N-dealkylation sites (tertiary alicyclic amines) is 1. The van der Waals surface area contributed by atoms with Crippen LogP contribution in [0.2, 0.25) is 5.02 Å². The topological polar surface area (TPSA) is 50.8 Å². The van der Waals surface area contributed by atoms with Crippen molar-refractivity contribution in [2.45, 2.75) is 52.5 Å². The lowest BCUT2D eigenvalue weighted by atomic mass is 9.88. The Morgan fingerprint density at radius 1 is 1.21 bits per heavy atom. The third-order valence-corrected chi connectivity index (χ3v) is 5.95. The molecule has 3 rings (SSSR count). The van der Waals surface area contributed by atoms with E-state index in [-0.39, 0.29) is 17.9 Å². The molecule has 1 fully saturated rings. The number of ether oxygens (including phenoxy) is 2. The largest absolute Gasteiger partial charge is 0.489 e. The number of carbonyl (C=O) groups excluding carboxylic acids is 1. The minimum atomic E-state index is -0.0685. The highest BCUT2D eigenvalue weighted by molar-refractivity contribution is 6.32. The molecule has 1 saturated heterocycles. The Balaban J connectivity index is 1.58. The number of carbonyl (C=O) groups is 1. The number of piperidine rings is 1. The van der Waals surface area contributed by atoms with E-state index in [0.29, 0.717) is 48.1 Å². The van der Waals surface area contributed by atoms with Gasteiger partial charge in [0, 0.05) is 31.6 Å². The lowest BCUT2D eigenvalue weighted by molar-refractivity contribution is -0.121. The highest BCUT2D eigenvalue weighted by Crippen LogP contribution is 2.38. The Morgan fingerprint density at radius 3 is 2.61 bits per heavy atom. The van der Waals surface area contributed by atoms with Crippen LogP contribution in [0.1, 0.15) is 46.1 Å². The Hall–Kier alpha value is -1.46. The van der Waals surface area contributed by atoms with Crippen LogP contribution in [0.4, 0.5) is 0 Å². The monoisotopic (exact) mass is 408 g/mol. The average molecular weight is 409 g/mol. The van der Waals surface area contributed by atoms with Crippen molar-refractivity contribution in [3.8, 4) is 11.5 Å². The third kappa shape index (κ3) is 5.32. The molecule has 0 radical (unpaired) electrons. The SMILES string of the molecule is CC1CC(C)CN(C(C)(C)CNC(=O)Cc2cc(Cl)c3c(c2)OCCCO3)C1. The molecule has 2 aliphatic rings. The van der Waals surface area contributed by atoms with Crippen LogP contribution in [-0.2, 0) is 11.2 Å². The van der Waals surface area contributed by atoms with E-state index in [4.69, 9.17) is 21.1 Å². The molecule has 0 bridgehead atoms. The molecule has 6 heteroatoms. The molecule has 1 aromatic carbocycles. The zero-order chi connectivity index (χ0) is 20.3. The fourth-order valence-corrected chi connectivity index (χ4v) is 4.51. The first kappa shape index (κ1) is 21.3. The molecule has 0 aromatic heterocycles. The predicted octanol–water partition coefficient (Wildman–Crippen LogP) is 3.92. The van der Waals surface area contributed by atoms with E-state index in [1.165, 1.54) is 6.42 Å². The molecule has 0 spiro atoms. The van der Waals surface area contributed by atoms with Crippen molar-refractivity contribution in [1.29, 1.82) is 0 Å². The molecule has 156 valence electrons. The molecule has 0 saturated carbocycles. The first-order chi connectivity index (χ1) is 13.2. The normalized spacial score (nSPS) is 23.2. The van der Waals surface area contributed by atoms with Gasteiger partial charge in [-0.2, -0.15) is 0 Å². The van der Waals surface area contributed by atoms with Crippen LogP contribution in [0.25, 0.3) is 0 Å². The fourth-order valence-electron chi connectivity index (χ4n) is 4.22. The molecule has 2 heterocycles. The van der Waals surface area contributed by atoms with Crippen LogP contribution in [0.3, 0.4) is 0 Å². The number of nitrogens with one attached hydrogen (secondary N) is 1. The Labute approximate surface area is 173 Å². The van der Waals surface area contributed by atoms with Gasteiger partial charge in [0.2, 0.25) is 5.91 Å². The Bertz CT molecular complexity index is 697. The second kappa shape index (κ2) is 8.91. The maximum absolute atomic E-state index is 12.6. The molecule has 28 heavy (non-hydrogen) atoms. The van der Waals surface area contributed by atoms with Crippen LogP contribution in [0, 0.1) is 11.8 Å². The smallest absolute Gasteiger partial charge is 0.224 e. The summed E-state index contributed by atoms with van der Waals surface area (Å²) in [5.41, 5.74) is 0.769. The van der Waals surface area contributed by atoms with Gasteiger partial charge in [-0.3, -0.25) is 9.69 Å². The fraction of sp³-hybridized carbons (Fsp3) is 0.682. The highest BCUT2D eigenvalue weighted by atomic mass is 35.5. The summed E-state index contributed by atoms with van der Waals surface area (Å²) in [6.07, 6.45) is 2.38. The van der Waals surface area contributed by atoms with Gasteiger partial charge in [-0.05, 0) is 49.8 Å². The van der Waals surface area contributed by atoms with Gasteiger partial charge in [-0.1, -0.05) is 25.4 Å². The number of amides is 1. The second-order valence-electron chi connectivity index (χ2n) is 9.07. The van der Waals surface area contributed by atoms with Gasteiger partial charge >= 0.3 is 0 Å². The average Bonchev–Trinajstić information content (AvgIpc) is 2.85. The summed E-state index contributed by atoms with van der Waals surface area (Å²) in [7, 11) is 0. The van der Waals surface area contributed by atoms with Crippen LogP contribution in [-0.4, -0.2) is 49.2 Å². The van der Waals surface area contributed by atoms with Crippen molar-refractivity contribution >= 4 is 17.5 Å². The van der Waals surface area contributed by atoms with Gasteiger partial charge in [0.05, 0.1) is 24.7 Å². The Kier molecular flexibility index (Phi) is 6.77. The van der Waals surface area contributed by atoms with Crippen molar-refractivity contribution in [2.24, 2.45) is 11.8 Å². The first-order valence-corrected chi connectivity index (χ1v) is 10.7. The van der Waals surface area contributed by atoms with E-state index >= 15 is 0 Å². The van der Waals surface area contributed by atoms with Crippen molar-refractivity contribution < 1.29 is 14.3 Å². The number of benzene rings is 1. The molecule has 2 aliphatic heterocycles. The number of halogens is 1. The zero-order valence-electron chi connectivity index (χ0n) is 17.5. The minimum Gasteiger partial charge on any atom is -0.489 e. The van der Waals surface area contributed by atoms with E-state index in [0.717, 1.165) is 25.1 Å². The summed E-state index contributed by atoms with van der Waals surface area (Å²) >= 11 is 6.34. The predicted molar refractivity (Wildman–Crippen MR) is 112 cm³/mol. The quantitative estimate of drug-likeness (QED) is 0.802. The molecule has 5 nitrogen and oxygen atoms in total. The summed E-state index contributed by atoms with van der Waals surface area (Å²) in [5.74, 6) is 2.60. The minimum absolute atomic E-state index is 0.00302. The van der Waals surface area contributed by atoms with E-state index in [9.17, 15) is 4.79 Å². The van der Waals surface area contributed by atoms with Gasteiger partial charge in [0.1, 0.15) is 0 Å². The van der Waals surface area contributed by atoms with Crippen molar-refractivity contribution in [2.75, 3.05) is 32.8 Å². The first-order valence-electron chi connectivity index (χ1n) is 10.3. The maximum Gasteiger partial charge on any atom is 0.224 e. The van der Waals surface area contributed by atoms with Crippen LogP contribution < -0.4 is 14.8 Å². The molecule has 2 atom stereocenters. The van der Waals surface area contributed by atoms with E-state index in [1.54, 1.807) is 6.07 Å². The Morgan fingerprint density at radius 2 is 1.89 bits per heavy atom. The second-order valence-corrected chi connectivity index (χ2v) is 9.48. The molecule has 1 N–H and O–H groups in total. The van der Waals surface area contributed by atoms with Gasteiger partial charge in [-0.15, -0.1) is 0 Å². The lowest BCUT2D eigenvalue weighted by Gasteiger charge is -2.45. The van der Waals surface area contributed by atoms with Crippen molar-refractivity contribution in [1.82, 2.24) is 10.2 Å². The molecule has 1 aromatic rings. The number of hydrogen-bond donors (Lipinski definition) is 1. The van der Waals surface area contributed by atoms with Crippen LogP contribution in [0.5, 0.6) is 11.5 Å². The van der Waals surface area contributed by atoms with E-state index in [1.807, 2.05) is 6.07 Å². The van der Waals surface area contributed by atoms with Gasteiger partial charge in [0.15, 0.2) is 11.5 Å². The molecular weight excluding hydrogens is 376 g/mol. The van der Waals surface area contributed by atoms with Crippen molar-refractivity contribution in [3.05, 3.63) is 22.7 Å². The standard InChI is InChI=1S/C22H33ClN2O3/c1-15-8-16(2)13-25(12-15)22(3,4)14-24-20(26)11-17-9-18(23)21-19(10-17)27-6-5-7-28-21/h9-10,15-16H,5-8,11-14H2,1-4H3,(H,24,26). The molecular formula is C22H33ClN2O3. The summed E-state index contributed by atoms with van der Waals surface area (Å²) < 4.78 is 11.4. The molecule has 1 amide bonds. The number of fused-ring (bicyclic) bond motifs is 1. The summed E-state index contributed by atoms with van der Waals surface area (Å²) in [4.78, 5) is 15.1. The summed E-state index contributed by atoms with van der Waals surface area (Å²) in [6.45, 7) is 13.0. The van der Waals surface area contributed by atoms with Gasteiger partial charge < -0.3 is 14.8 Å². The molecule has 2 unspecified atom stereocenters. The third-order valence-electron chi connectivity index (χ3n) is 5.67.